The van der Waals surface area contributed by atoms with Gasteiger partial charge in [-0.3, -0.25) is 14.9 Å². The molecule has 0 spiro atoms. The first kappa shape index (κ1) is 18.2. The van der Waals surface area contributed by atoms with Crippen LogP contribution >= 0.6 is 11.3 Å². The molecule has 0 unspecified atom stereocenters. The molecule has 0 aliphatic rings. The van der Waals surface area contributed by atoms with E-state index in [2.05, 4.69) is 24.1 Å². The molecule has 0 aliphatic carbocycles. The first-order chi connectivity index (χ1) is 11.5. The second-order valence-corrected chi connectivity index (χ2v) is 6.24. The number of nitrogens with one attached hydrogen (secondary N) is 1. The summed E-state index contributed by atoms with van der Waals surface area (Å²) >= 11 is 1.27. The third kappa shape index (κ3) is 3.82. The van der Waals surface area contributed by atoms with E-state index in [0.717, 1.165) is 24.3 Å². The van der Waals surface area contributed by atoms with E-state index in [1.54, 1.807) is 6.07 Å². The summed E-state index contributed by atoms with van der Waals surface area (Å²) in [5.74, 6) is 0.168. The van der Waals surface area contributed by atoms with Crippen molar-refractivity contribution in [3.8, 4) is 5.75 Å². The first-order valence-electron chi connectivity index (χ1n) is 7.77. The Kier molecular flexibility index (Phi) is 6.10. The van der Waals surface area contributed by atoms with Gasteiger partial charge in [0.05, 0.1) is 12.0 Å². The van der Waals surface area contributed by atoms with Crippen LogP contribution in [0.15, 0.2) is 18.2 Å². The number of fused-ring (bicyclic) bond motifs is 1. The van der Waals surface area contributed by atoms with Crippen LogP contribution in [0.2, 0.25) is 0 Å². The Bertz CT molecular complexity index is 740. The molecule has 0 saturated carbocycles. The normalized spacial score (nSPS) is 11.0. The molecule has 0 atom stereocenters. The molecule has 1 aromatic heterocycles. The Morgan fingerprint density at radius 1 is 1.38 bits per heavy atom. The van der Waals surface area contributed by atoms with Gasteiger partial charge in [0.1, 0.15) is 4.88 Å². The summed E-state index contributed by atoms with van der Waals surface area (Å²) in [6.07, 6.45) is 0. The van der Waals surface area contributed by atoms with E-state index in [0.29, 0.717) is 22.6 Å². The lowest BCUT2D eigenvalue weighted by Gasteiger charge is -2.17. The molecule has 1 N–H and O–H groups in total. The fourth-order valence-corrected chi connectivity index (χ4v) is 3.54. The number of hydrogen-bond acceptors (Lipinski definition) is 6. The lowest BCUT2D eigenvalue weighted by molar-refractivity contribution is -0.384. The van der Waals surface area contributed by atoms with Gasteiger partial charge in [-0.2, -0.15) is 0 Å². The fraction of sp³-hybridized carbons (Fsp3) is 0.438. The minimum absolute atomic E-state index is 0.0212. The molecule has 0 saturated heterocycles. The number of amides is 1. The van der Waals surface area contributed by atoms with Gasteiger partial charge in [0.25, 0.3) is 11.6 Å². The molecular weight excluding hydrogens is 330 g/mol. The first-order valence-corrected chi connectivity index (χ1v) is 8.58. The second-order valence-electron chi connectivity index (χ2n) is 5.18. The molecule has 8 heteroatoms. The number of carbonyl (C=O) groups excluding carboxylic acids is 1. The van der Waals surface area contributed by atoms with Crippen molar-refractivity contribution in [1.29, 1.82) is 0 Å². The molecule has 2 aromatic rings. The van der Waals surface area contributed by atoms with Crippen molar-refractivity contribution >= 4 is 33.0 Å². The van der Waals surface area contributed by atoms with E-state index < -0.39 is 4.92 Å². The smallest absolute Gasteiger partial charge is 0.270 e. The molecule has 7 nitrogen and oxygen atoms in total. The summed E-state index contributed by atoms with van der Waals surface area (Å²) < 4.78 is 6.12. The van der Waals surface area contributed by atoms with E-state index in [1.165, 1.54) is 30.6 Å². The summed E-state index contributed by atoms with van der Waals surface area (Å²) in [5, 5.41) is 14.4. The van der Waals surface area contributed by atoms with Crippen molar-refractivity contribution in [2.45, 2.75) is 13.8 Å². The number of carbonyl (C=O) groups is 1. The van der Waals surface area contributed by atoms with Crippen LogP contribution in [-0.2, 0) is 0 Å². The lowest BCUT2D eigenvalue weighted by atomic mass is 10.2. The summed E-state index contributed by atoms with van der Waals surface area (Å²) in [7, 11) is 1.47. The van der Waals surface area contributed by atoms with Crippen LogP contribution in [0.1, 0.15) is 23.5 Å². The van der Waals surface area contributed by atoms with Gasteiger partial charge in [-0.25, -0.2) is 0 Å². The predicted octanol–water partition coefficient (Wildman–Crippen LogP) is 2.89. The van der Waals surface area contributed by atoms with Crippen molar-refractivity contribution in [2.75, 3.05) is 33.3 Å². The molecule has 0 fully saturated rings. The highest BCUT2D eigenvalue weighted by atomic mass is 32.1. The van der Waals surface area contributed by atoms with Gasteiger partial charge in [0, 0.05) is 35.3 Å². The minimum Gasteiger partial charge on any atom is -0.494 e. The number of likely N-dealkylation sites (N-methyl/N-ethyl adjacent to an activating group) is 1. The standard InChI is InChI=1S/C16H21N3O4S/c1-4-18(5-2)9-8-17-16(20)15-14(23-3)12-10-11(19(21)22)6-7-13(12)24-15/h6-7,10H,4-5,8-9H2,1-3H3,(H,17,20). The van der Waals surface area contributed by atoms with Gasteiger partial charge in [-0.1, -0.05) is 13.8 Å². The number of nitro benzene ring substituents is 1. The Morgan fingerprint density at radius 3 is 2.67 bits per heavy atom. The second kappa shape index (κ2) is 8.07. The van der Waals surface area contributed by atoms with Crippen LogP contribution in [0.4, 0.5) is 5.69 Å². The third-order valence-electron chi connectivity index (χ3n) is 3.86. The topological polar surface area (TPSA) is 84.7 Å². The molecule has 1 heterocycles. The zero-order valence-corrected chi connectivity index (χ0v) is 14.8. The average molecular weight is 351 g/mol. The zero-order chi connectivity index (χ0) is 17.7. The summed E-state index contributed by atoms with van der Waals surface area (Å²) in [4.78, 5) is 25.6. The van der Waals surface area contributed by atoms with Gasteiger partial charge in [0.2, 0.25) is 0 Å². The van der Waals surface area contributed by atoms with Crippen molar-refractivity contribution < 1.29 is 14.5 Å². The summed E-state index contributed by atoms with van der Waals surface area (Å²) in [6.45, 7) is 7.33. The SMILES string of the molecule is CCN(CC)CCNC(=O)c1sc2ccc([N+](=O)[O-])cc2c1OC. The number of non-ortho nitro benzene ring substituents is 1. The van der Waals surface area contributed by atoms with Crippen LogP contribution in [0.25, 0.3) is 10.1 Å². The van der Waals surface area contributed by atoms with E-state index in [1.807, 2.05) is 0 Å². The maximum absolute atomic E-state index is 12.4. The lowest BCUT2D eigenvalue weighted by Crippen LogP contribution is -2.34. The molecule has 0 aliphatic heterocycles. The molecule has 130 valence electrons. The molecule has 1 aromatic carbocycles. The van der Waals surface area contributed by atoms with Crippen LogP contribution in [0, 0.1) is 10.1 Å². The monoisotopic (exact) mass is 351 g/mol. The summed E-state index contributed by atoms with van der Waals surface area (Å²) in [5.41, 5.74) is -0.0212. The maximum Gasteiger partial charge on any atom is 0.270 e. The number of methoxy groups -OCH3 is 1. The van der Waals surface area contributed by atoms with E-state index in [4.69, 9.17) is 4.74 Å². The Morgan fingerprint density at radius 2 is 2.08 bits per heavy atom. The van der Waals surface area contributed by atoms with Crippen molar-refractivity contribution in [1.82, 2.24) is 10.2 Å². The number of thiophene rings is 1. The average Bonchev–Trinajstić information content (AvgIpc) is 2.96. The molecule has 1 amide bonds. The van der Waals surface area contributed by atoms with Gasteiger partial charge in [-0.15, -0.1) is 11.3 Å². The number of hydrogen-bond donors (Lipinski definition) is 1. The van der Waals surface area contributed by atoms with Gasteiger partial charge >= 0.3 is 0 Å². The Hall–Kier alpha value is -2.19. The van der Waals surface area contributed by atoms with Crippen LogP contribution in [-0.4, -0.2) is 49.0 Å². The van der Waals surface area contributed by atoms with Crippen LogP contribution in [0.5, 0.6) is 5.75 Å². The predicted molar refractivity (Wildman–Crippen MR) is 95.2 cm³/mol. The van der Waals surface area contributed by atoms with E-state index in [-0.39, 0.29) is 11.6 Å². The largest absolute Gasteiger partial charge is 0.494 e. The summed E-state index contributed by atoms with van der Waals surface area (Å²) in [6, 6.07) is 4.52. The maximum atomic E-state index is 12.4. The van der Waals surface area contributed by atoms with E-state index in [9.17, 15) is 14.9 Å². The van der Waals surface area contributed by atoms with E-state index >= 15 is 0 Å². The number of rotatable bonds is 8. The van der Waals surface area contributed by atoms with Crippen molar-refractivity contribution in [3.63, 3.8) is 0 Å². The van der Waals surface area contributed by atoms with Gasteiger partial charge in [-0.05, 0) is 19.2 Å². The number of nitrogens with zero attached hydrogens (tertiary/aromatic N) is 2. The third-order valence-corrected chi connectivity index (χ3v) is 5.01. The number of nitro groups is 1. The zero-order valence-electron chi connectivity index (χ0n) is 14.0. The Balaban J connectivity index is 2.21. The van der Waals surface area contributed by atoms with Crippen LogP contribution in [0.3, 0.4) is 0 Å². The van der Waals surface area contributed by atoms with Gasteiger partial charge < -0.3 is 15.0 Å². The molecule has 0 bridgehead atoms. The minimum atomic E-state index is -0.458. The van der Waals surface area contributed by atoms with Crippen molar-refractivity contribution in [3.05, 3.63) is 33.2 Å². The molecule has 24 heavy (non-hydrogen) atoms. The van der Waals surface area contributed by atoms with Crippen LogP contribution < -0.4 is 10.1 Å². The number of ether oxygens (including phenoxy) is 1. The fourth-order valence-electron chi connectivity index (χ4n) is 2.48. The highest BCUT2D eigenvalue weighted by molar-refractivity contribution is 7.21. The highest BCUT2D eigenvalue weighted by Crippen LogP contribution is 2.39. The molecule has 2 rings (SSSR count). The van der Waals surface area contributed by atoms with Crippen molar-refractivity contribution in [2.24, 2.45) is 0 Å². The van der Waals surface area contributed by atoms with Gasteiger partial charge in [0.15, 0.2) is 5.75 Å². The highest BCUT2D eigenvalue weighted by Gasteiger charge is 2.21. The molecular formula is C16H21N3O4S. The number of benzene rings is 1. The Labute approximate surface area is 144 Å². The molecule has 0 radical (unpaired) electrons. The quantitative estimate of drug-likeness (QED) is 0.584.